The Hall–Kier alpha value is -1.48. The number of rotatable bonds is 1. The van der Waals surface area contributed by atoms with E-state index < -0.39 is 0 Å². The summed E-state index contributed by atoms with van der Waals surface area (Å²) >= 11 is 0. The third-order valence-electron chi connectivity index (χ3n) is 2.78. The fourth-order valence-corrected chi connectivity index (χ4v) is 1.81. The smallest absolute Gasteiger partial charge is 0.161 e. The molecule has 0 saturated heterocycles. The molecule has 0 aliphatic carbocycles. The first-order valence-electron chi connectivity index (χ1n) is 4.95. The van der Waals surface area contributed by atoms with E-state index in [2.05, 4.69) is 0 Å². The molecule has 2 rings (SSSR count). The third kappa shape index (κ3) is 1.83. The number of phenolic OH excluding ortho intramolecular Hbond substituents is 2. The molecule has 0 spiro atoms. The van der Waals surface area contributed by atoms with Gasteiger partial charge in [-0.3, -0.25) is 0 Å². The largest absolute Gasteiger partial charge is 0.504 e. The summed E-state index contributed by atoms with van der Waals surface area (Å²) < 4.78 is 5.33. The van der Waals surface area contributed by atoms with Crippen LogP contribution in [0.15, 0.2) is 29.8 Å². The molecule has 0 aromatic heterocycles. The summed E-state index contributed by atoms with van der Waals surface area (Å²) in [5.74, 6) is -0.0718. The Morgan fingerprint density at radius 3 is 2.87 bits per heavy atom. The summed E-state index contributed by atoms with van der Waals surface area (Å²) in [4.78, 5) is 0. The van der Waals surface area contributed by atoms with Crippen LogP contribution in [0.5, 0.6) is 11.5 Å². The van der Waals surface area contributed by atoms with Gasteiger partial charge in [-0.05, 0) is 13.0 Å². The highest BCUT2D eigenvalue weighted by molar-refractivity contribution is 5.48. The van der Waals surface area contributed by atoms with Crippen LogP contribution < -0.4 is 0 Å². The maximum absolute atomic E-state index is 9.73. The van der Waals surface area contributed by atoms with E-state index >= 15 is 0 Å². The monoisotopic (exact) mass is 206 g/mol. The number of phenols is 2. The quantitative estimate of drug-likeness (QED) is 0.547. The summed E-state index contributed by atoms with van der Waals surface area (Å²) in [6, 6.07) is 5.01. The minimum absolute atomic E-state index is 0.0410. The Balaban J connectivity index is 2.40. The highest BCUT2D eigenvalue weighted by atomic mass is 16.5. The van der Waals surface area contributed by atoms with E-state index in [1.54, 1.807) is 6.07 Å². The molecule has 2 N–H and O–H groups in total. The zero-order valence-electron chi connectivity index (χ0n) is 8.60. The van der Waals surface area contributed by atoms with Crippen LogP contribution in [0.4, 0.5) is 0 Å². The van der Waals surface area contributed by atoms with Crippen molar-refractivity contribution >= 4 is 0 Å². The first kappa shape index (κ1) is 10.1. The number of hydrogen-bond donors (Lipinski definition) is 2. The van der Waals surface area contributed by atoms with Crippen molar-refractivity contribution in [1.29, 1.82) is 0 Å². The summed E-state index contributed by atoms with van der Waals surface area (Å²) in [7, 11) is 0. The van der Waals surface area contributed by atoms with Gasteiger partial charge in [0, 0.05) is 11.5 Å². The lowest BCUT2D eigenvalue weighted by molar-refractivity contribution is 0.140. The Bertz CT molecular complexity index is 396. The first-order valence-corrected chi connectivity index (χ1v) is 4.95. The molecule has 1 heterocycles. The summed E-state index contributed by atoms with van der Waals surface area (Å²) in [6.07, 6.45) is 2.00. The first-order chi connectivity index (χ1) is 7.20. The average Bonchev–Trinajstić information content (AvgIpc) is 2.23. The molecular formula is C12H14O3. The number of aromatic hydroxyl groups is 2. The Morgan fingerprint density at radius 1 is 1.33 bits per heavy atom. The van der Waals surface area contributed by atoms with Gasteiger partial charge in [0.25, 0.3) is 0 Å². The van der Waals surface area contributed by atoms with E-state index in [1.165, 1.54) is 11.6 Å². The van der Waals surface area contributed by atoms with Crippen LogP contribution in [-0.4, -0.2) is 23.4 Å². The average molecular weight is 206 g/mol. The van der Waals surface area contributed by atoms with Gasteiger partial charge in [-0.15, -0.1) is 0 Å². The van der Waals surface area contributed by atoms with Crippen LogP contribution in [0.3, 0.4) is 0 Å². The lowest BCUT2D eigenvalue weighted by Crippen LogP contribution is -2.14. The highest BCUT2D eigenvalue weighted by Crippen LogP contribution is 2.37. The van der Waals surface area contributed by atoms with E-state index in [0.717, 1.165) is 5.56 Å². The molecule has 1 aliphatic heterocycles. The van der Waals surface area contributed by atoms with E-state index in [0.29, 0.717) is 13.2 Å². The summed E-state index contributed by atoms with van der Waals surface area (Å²) in [5.41, 5.74) is 1.89. The van der Waals surface area contributed by atoms with Crippen molar-refractivity contribution in [3.8, 4) is 11.5 Å². The van der Waals surface area contributed by atoms with Crippen molar-refractivity contribution < 1.29 is 14.9 Å². The summed E-state index contributed by atoms with van der Waals surface area (Å²) in [5, 5.41) is 19.1. The molecule has 3 heteroatoms. The molecule has 80 valence electrons. The topological polar surface area (TPSA) is 49.7 Å². The molecule has 3 nitrogen and oxygen atoms in total. The van der Waals surface area contributed by atoms with E-state index in [9.17, 15) is 10.2 Å². The lowest BCUT2D eigenvalue weighted by atomic mass is 9.90. The van der Waals surface area contributed by atoms with Gasteiger partial charge < -0.3 is 14.9 Å². The van der Waals surface area contributed by atoms with Crippen LogP contribution in [-0.2, 0) is 4.74 Å². The van der Waals surface area contributed by atoms with Gasteiger partial charge in [0.15, 0.2) is 11.5 Å². The Kier molecular flexibility index (Phi) is 2.64. The second kappa shape index (κ2) is 3.95. The van der Waals surface area contributed by atoms with Gasteiger partial charge in [-0.25, -0.2) is 0 Å². The number of ether oxygens (including phenoxy) is 1. The molecule has 1 unspecified atom stereocenters. The van der Waals surface area contributed by atoms with Crippen molar-refractivity contribution in [2.75, 3.05) is 13.2 Å². The molecule has 0 fully saturated rings. The molecule has 1 aromatic carbocycles. The Labute approximate surface area is 88.6 Å². The molecule has 0 saturated carbocycles. The van der Waals surface area contributed by atoms with Crippen molar-refractivity contribution in [1.82, 2.24) is 0 Å². The van der Waals surface area contributed by atoms with Gasteiger partial charge in [-0.1, -0.05) is 23.8 Å². The number of para-hydroxylation sites is 1. The van der Waals surface area contributed by atoms with Gasteiger partial charge in [0.2, 0.25) is 0 Å². The van der Waals surface area contributed by atoms with Crippen LogP contribution in [0.25, 0.3) is 0 Å². The molecule has 1 atom stereocenters. The third-order valence-corrected chi connectivity index (χ3v) is 2.78. The SMILES string of the molecule is CC1=CCOCC1c1cccc(O)c1O. The van der Waals surface area contributed by atoms with E-state index in [4.69, 9.17) is 4.74 Å². The van der Waals surface area contributed by atoms with Crippen LogP contribution >= 0.6 is 0 Å². The van der Waals surface area contributed by atoms with Gasteiger partial charge in [0.1, 0.15) is 0 Å². The highest BCUT2D eigenvalue weighted by Gasteiger charge is 2.21. The maximum Gasteiger partial charge on any atom is 0.161 e. The van der Waals surface area contributed by atoms with E-state index in [-0.39, 0.29) is 17.4 Å². The number of benzene rings is 1. The van der Waals surface area contributed by atoms with Gasteiger partial charge in [0.05, 0.1) is 13.2 Å². The zero-order chi connectivity index (χ0) is 10.8. The predicted molar refractivity (Wildman–Crippen MR) is 57.1 cm³/mol. The molecular weight excluding hydrogens is 192 g/mol. The minimum Gasteiger partial charge on any atom is -0.504 e. The summed E-state index contributed by atoms with van der Waals surface area (Å²) in [6.45, 7) is 3.19. The minimum atomic E-state index is -0.0779. The van der Waals surface area contributed by atoms with Crippen molar-refractivity contribution in [3.63, 3.8) is 0 Å². The fraction of sp³-hybridized carbons (Fsp3) is 0.333. The van der Waals surface area contributed by atoms with Gasteiger partial charge in [-0.2, -0.15) is 0 Å². The molecule has 0 bridgehead atoms. The Morgan fingerprint density at radius 2 is 2.13 bits per heavy atom. The molecule has 15 heavy (non-hydrogen) atoms. The maximum atomic E-state index is 9.73. The molecule has 1 aliphatic rings. The number of hydrogen-bond acceptors (Lipinski definition) is 3. The fourth-order valence-electron chi connectivity index (χ4n) is 1.81. The molecule has 0 radical (unpaired) electrons. The van der Waals surface area contributed by atoms with E-state index in [1.807, 2.05) is 19.1 Å². The van der Waals surface area contributed by atoms with Crippen molar-refractivity contribution in [2.45, 2.75) is 12.8 Å². The standard InChI is InChI=1S/C12H14O3/c1-8-5-6-15-7-10(8)9-3-2-4-11(13)12(9)14/h2-5,10,13-14H,6-7H2,1H3. The van der Waals surface area contributed by atoms with Crippen molar-refractivity contribution in [3.05, 3.63) is 35.4 Å². The second-order valence-corrected chi connectivity index (χ2v) is 3.75. The van der Waals surface area contributed by atoms with Crippen LogP contribution in [0, 0.1) is 0 Å². The van der Waals surface area contributed by atoms with Gasteiger partial charge >= 0.3 is 0 Å². The second-order valence-electron chi connectivity index (χ2n) is 3.75. The van der Waals surface area contributed by atoms with Crippen LogP contribution in [0.1, 0.15) is 18.4 Å². The molecule has 0 amide bonds. The van der Waals surface area contributed by atoms with Crippen LogP contribution in [0.2, 0.25) is 0 Å². The molecule has 1 aromatic rings. The normalized spacial score (nSPS) is 21.1. The lowest BCUT2D eigenvalue weighted by Gasteiger charge is -2.23. The van der Waals surface area contributed by atoms with Crippen molar-refractivity contribution in [2.24, 2.45) is 0 Å². The zero-order valence-corrected chi connectivity index (χ0v) is 8.60. The predicted octanol–water partition coefficient (Wildman–Crippen LogP) is 2.16.